The van der Waals surface area contributed by atoms with Gasteiger partial charge >= 0.3 is 0 Å². The number of methoxy groups -OCH3 is 1. The predicted molar refractivity (Wildman–Crippen MR) is 66.8 cm³/mol. The SMILES string of the molecule is CCCC1(c2ccc(OC)cc2F)CCCN1. The molecule has 0 aromatic heterocycles. The lowest BCUT2D eigenvalue weighted by Gasteiger charge is -2.30. The maximum Gasteiger partial charge on any atom is 0.131 e. The Bertz CT molecular complexity index is 386. The van der Waals surface area contributed by atoms with Gasteiger partial charge in [-0.2, -0.15) is 0 Å². The van der Waals surface area contributed by atoms with Crippen molar-refractivity contribution in [2.45, 2.75) is 38.1 Å². The molecule has 17 heavy (non-hydrogen) atoms. The minimum Gasteiger partial charge on any atom is -0.497 e. The van der Waals surface area contributed by atoms with E-state index in [-0.39, 0.29) is 11.4 Å². The summed E-state index contributed by atoms with van der Waals surface area (Å²) in [7, 11) is 1.56. The van der Waals surface area contributed by atoms with E-state index in [1.807, 2.05) is 12.1 Å². The summed E-state index contributed by atoms with van der Waals surface area (Å²) in [6, 6.07) is 5.19. The molecule has 94 valence electrons. The zero-order valence-corrected chi connectivity index (χ0v) is 10.6. The van der Waals surface area contributed by atoms with Gasteiger partial charge in [0.15, 0.2) is 0 Å². The normalized spacial score (nSPS) is 23.9. The highest BCUT2D eigenvalue weighted by Crippen LogP contribution is 2.37. The standard InChI is InChI=1S/C14H20FNO/c1-3-7-14(8-4-9-16-14)12-6-5-11(17-2)10-13(12)15/h5-6,10,16H,3-4,7-9H2,1-2H3. The topological polar surface area (TPSA) is 21.3 Å². The van der Waals surface area contributed by atoms with Gasteiger partial charge in [-0.1, -0.05) is 19.4 Å². The summed E-state index contributed by atoms with van der Waals surface area (Å²) >= 11 is 0. The molecular weight excluding hydrogens is 217 g/mol. The molecule has 1 N–H and O–H groups in total. The van der Waals surface area contributed by atoms with Crippen LogP contribution in [0, 0.1) is 5.82 Å². The van der Waals surface area contributed by atoms with E-state index in [0.29, 0.717) is 5.75 Å². The van der Waals surface area contributed by atoms with Crippen LogP contribution in [0.3, 0.4) is 0 Å². The highest BCUT2D eigenvalue weighted by molar-refractivity contribution is 5.34. The second-order valence-corrected chi connectivity index (χ2v) is 4.71. The Labute approximate surface area is 102 Å². The van der Waals surface area contributed by atoms with E-state index < -0.39 is 0 Å². The molecule has 0 saturated carbocycles. The predicted octanol–water partition coefficient (Wildman–Crippen LogP) is 3.21. The molecule has 0 spiro atoms. The number of halogens is 1. The van der Waals surface area contributed by atoms with E-state index in [9.17, 15) is 4.39 Å². The van der Waals surface area contributed by atoms with Crippen LogP contribution >= 0.6 is 0 Å². The summed E-state index contributed by atoms with van der Waals surface area (Å²) in [5.41, 5.74) is 0.628. The average molecular weight is 237 g/mol. The molecule has 3 heteroatoms. The third kappa shape index (κ3) is 2.29. The summed E-state index contributed by atoms with van der Waals surface area (Å²) in [4.78, 5) is 0. The summed E-state index contributed by atoms with van der Waals surface area (Å²) < 4.78 is 19.2. The van der Waals surface area contributed by atoms with Crippen molar-refractivity contribution in [3.8, 4) is 5.75 Å². The molecule has 0 radical (unpaired) electrons. The Morgan fingerprint density at radius 3 is 2.82 bits per heavy atom. The number of rotatable bonds is 4. The van der Waals surface area contributed by atoms with Crippen LogP contribution in [-0.4, -0.2) is 13.7 Å². The average Bonchev–Trinajstić information content (AvgIpc) is 2.79. The van der Waals surface area contributed by atoms with Crippen LogP contribution in [0.5, 0.6) is 5.75 Å². The van der Waals surface area contributed by atoms with Gasteiger partial charge in [0.05, 0.1) is 7.11 Å². The van der Waals surface area contributed by atoms with Crippen molar-refractivity contribution >= 4 is 0 Å². The Balaban J connectivity index is 2.36. The maximum absolute atomic E-state index is 14.1. The van der Waals surface area contributed by atoms with Crippen LogP contribution in [0.2, 0.25) is 0 Å². The molecule has 2 rings (SSSR count). The molecule has 1 unspecified atom stereocenters. The van der Waals surface area contributed by atoms with Crippen molar-refractivity contribution < 1.29 is 9.13 Å². The van der Waals surface area contributed by atoms with E-state index in [4.69, 9.17) is 4.74 Å². The molecular formula is C14H20FNO. The summed E-state index contributed by atoms with van der Waals surface area (Å²) in [5.74, 6) is 0.420. The summed E-state index contributed by atoms with van der Waals surface area (Å²) in [6.45, 7) is 3.12. The minimum absolute atomic E-state index is 0.160. The van der Waals surface area contributed by atoms with Gasteiger partial charge in [-0.3, -0.25) is 0 Å². The van der Waals surface area contributed by atoms with Gasteiger partial charge in [0.25, 0.3) is 0 Å². The first-order valence-electron chi connectivity index (χ1n) is 6.31. The molecule has 0 amide bonds. The molecule has 1 fully saturated rings. The monoisotopic (exact) mass is 237 g/mol. The van der Waals surface area contributed by atoms with E-state index in [0.717, 1.165) is 37.8 Å². The minimum atomic E-state index is -0.162. The van der Waals surface area contributed by atoms with Crippen LogP contribution in [0.1, 0.15) is 38.2 Å². The first-order chi connectivity index (χ1) is 8.22. The van der Waals surface area contributed by atoms with Crippen LogP contribution < -0.4 is 10.1 Å². The van der Waals surface area contributed by atoms with Crippen LogP contribution in [0.15, 0.2) is 18.2 Å². The fraction of sp³-hybridized carbons (Fsp3) is 0.571. The van der Waals surface area contributed by atoms with Gasteiger partial charge in [0.2, 0.25) is 0 Å². The molecule has 1 heterocycles. The van der Waals surface area contributed by atoms with Crippen molar-refractivity contribution in [3.63, 3.8) is 0 Å². The second-order valence-electron chi connectivity index (χ2n) is 4.71. The van der Waals surface area contributed by atoms with Crippen molar-refractivity contribution in [3.05, 3.63) is 29.6 Å². The van der Waals surface area contributed by atoms with Crippen molar-refractivity contribution in [1.29, 1.82) is 0 Å². The number of benzene rings is 1. The molecule has 1 aliphatic heterocycles. The zero-order chi connectivity index (χ0) is 12.3. The number of ether oxygens (including phenoxy) is 1. The lowest BCUT2D eigenvalue weighted by molar-refractivity contribution is 0.338. The van der Waals surface area contributed by atoms with Gasteiger partial charge in [-0.05, 0) is 31.9 Å². The molecule has 0 bridgehead atoms. The Morgan fingerprint density at radius 1 is 1.47 bits per heavy atom. The Morgan fingerprint density at radius 2 is 2.29 bits per heavy atom. The van der Waals surface area contributed by atoms with E-state index in [2.05, 4.69) is 12.2 Å². The molecule has 0 aliphatic carbocycles. The van der Waals surface area contributed by atoms with Gasteiger partial charge in [0.1, 0.15) is 11.6 Å². The van der Waals surface area contributed by atoms with E-state index in [1.54, 1.807) is 7.11 Å². The first kappa shape index (κ1) is 12.4. The molecule has 1 saturated heterocycles. The van der Waals surface area contributed by atoms with Crippen LogP contribution in [0.4, 0.5) is 4.39 Å². The zero-order valence-electron chi connectivity index (χ0n) is 10.6. The van der Waals surface area contributed by atoms with Crippen LogP contribution in [0.25, 0.3) is 0 Å². The number of hydrogen-bond donors (Lipinski definition) is 1. The van der Waals surface area contributed by atoms with Crippen molar-refractivity contribution in [2.24, 2.45) is 0 Å². The summed E-state index contributed by atoms with van der Waals surface area (Å²) in [5, 5.41) is 3.48. The third-order valence-corrected chi connectivity index (χ3v) is 3.61. The highest BCUT2D eigenvalue weighted by Gasteiger charge is 2.36. The smallest absolute Gasteiger partial charge is 0.131 e. The molecule has 1 aliphatic rings. The molecule has 1 aromatic rings. The Kier molecular flexibility index (Phi) is 3.67. The highest BCUT2D eigenvalue weighted by atomic mass is 19.1. The van der Waals surface area contributed by atoms with Gasteiger partial charge in [-0.15, -0.1) is 0 Å². The lowest BCUT2D eigenvalue weighted by atomic mass is 9.84. The van der Waals surface area contributed by atoms with Gasteiger partial charge < -0.3 is 10.1 Å². The fourth-order valence-corrected chi connectivity index (χ4v) is 2.82. The largest absolute Gasteiger partial charge is 0.497 e. The fourth-order valence-electron chi connectivity index (χ4n) is 2.82. The van der Waals surface area contributed by atoms with Crippen molar-refractivity contribution in [1.82, 2.24) is 5.32 Å². The lowest BCUT2D eigenvalue weighted by Crippen LogP contribution is -2.37. The number of nitrogens with one attached hydrogen (secondary N) is 1. The van der Waals surface area contributed by atoms with E-state index >= 15 is 0 Å². The van der Waals surface area contributed by atoms with Crippen LogP contribution in [-0.2, 0) is 5.54 Å². The Hall–Kier alpha value is -1.09. The molecule has 1 atom stereocenters. The van der Waals surface area contributed by atoms with Gasteiger partial charge in [-0.25, -0.2) is 4.39 Å². The van der Waals surface area contributed by atoms with Crippen molar-refractivity contribution in [2.75, 3.05) is 13.7 Å². The van der Waals surface area contributed by atoms with Gasteiger partial charge in [0, 0.05) is 17.2 Å². The number of hydrogen-bond acceptors (Lipinski definition) is 2. The van der Waals surface area contributed by atoms with E-state index in [1.165, 1.54) is 6.07 Å². The molecule has 1 aromatic carbocycles. The molecule has 2 nitrogen and oxygen atoms in total. The second kappa shape index (κ2) is 5.05. The third-order valence-electron chi connectivity index (χ3n) is 3.61. The summed E-state index contributed by atoms with van der Waals surface area (Å²) in [6.07, 6.45) is 4.17. The first-order valence-corrected chi connectivity index (χ1v) is 6.31. The maximum atomic E-state index is 14.1. The quantitative estimate of drug-likeness (QED) is 0.868.